The van der Waals surface area contributed by atoms with Crippen LogP contribution in [0.4, 0.5) is 39.5 Å². The summed E-state index contributed by atoms with van der Waals surface area (Å²) in [5.74, 6) is -17.3. The van der Waals surface area contributed by atoms with Crippen LogP contribution in [0.15, 0.2) is 12.1 Å². The second-order valence-electron chi connectivity index (χ2n) is 3.62. The van der Waals surface area contributed by atoms with Crippen molar-refractivity contribution in [2.75, 3.05) is 0 Å². The summed E-state index contributed by atoms with van der Waals surface area (Å²) in [6, 6.07) is -0.453. The molecule has 0 heterocycles. The van der Waals surface area contributed by atoms with Gasteiger partial charge in [-0.15, -0.1) is 0 Å². The molecule has 0 fully saturated rings. The molecule has 1 atom stereocenters. The van der Waals surface area contributed by atoms with Crippen molar-refractivity contribution in [1.29, 1.82) is 0 Å². The molecule has 0 aliphatic rings. The van der Waals surface area contributed by atoms with Gasteiger partial charge in [-0.3, -0.25) is 0 Å². The maximum absolute atomic E-state index is 13.6. The summed E-state index contributed by atoms with van der Waals surface area (Å²) in [4.78, 5) is 0. The molecule has 0 spiro atoms. The number of benzene rings is 1. The Balaban J connectivity index is 3.52. The molecule has 0 aliphatic heterocycles. The molecular formula is C9H5F9N+. The number of alkyl halides is 6. The monoisotopic (exact) mass is 298 g/mol. The van der Waals surface area contributed by atoms with Crippen molar-refractivity contribution in [1.82, 2.24) is 0 Å². The molecule has 1 unspecified atom stereocenters. The fraction of sp³-hybridized carbons (Fsp3) is 0.333. The Morgan fingerprint density at radius 2 is 1.32 bits per heavy atom. The lowest BCUT2D eigenvalue weighted by Crippen LogP contribution is -2.78. The zero-order valence-corrected chi connectivity index (χ0v) is 8.76. The van der Waals surface area contributed by atoms with Crippen LogP contribution >= 0.6 is 0 Å². The minimum absolute atomic E-state index is 0.138. The van der Waals surface area contributed by atoms with Gasteiger partial charge >= 0.3 is 17.9 Å². The first kappa shape index (κ1) is 15.6. The maximum atomic E-state index is 13.6. The molecule has 0 bridgehead atoms. The van der Waals surface area contributed by atoms with E-state index in [9.17, 15) is 39.5 Å². The molecular weight excluding hydrogens is 293 g/mol. The van der Waals surface area contributed by atoms with Gasteiger partial charge in [0.2, 0.25) is 0 Å². The molecule has 0 radical (unpaired) electrons. The maximum Gasteiger partial charge on any atom is 0.463 e. The first-order valence-electron chi connectivity index (χ1n) is 4.46. The second-order valence-corrected chi connectivity index (χ2v) is 3.62. The molecule has 1 aromatic carbocycles. The summed E-state index contributed by atoms with van der Waals surface area (Å²) < 4.78 is 114. The SMILES string of the molecule is [NH3+]C(F)(c1cc(F)cc(F)c1F)C(F)(F)C(F)(F)F. The van der Waals surface area contributed by atoms with Crippen LogP contribution in [0.3, 0.4) is 0 Å². The quantitative estimate of drug-likeness (QED) is 0.494. The lowest BCUT2D eigenvalue weighted by Gasteiger charge is -2.28. The third-order valence-electron chi connectivity index (χ3n) is 2.27. The van der Waals surface area contributed by atoms with Gasteiger partial charge in [-0.05, 0) is 6.07 Å². The van der Waals surface area contributed by atoms with Crippen molar-refractivity contribution in [2.24, 2.45) is 0 Å². The number of quaternary nitrogens is 1. The second kappa shape index (κ2) is 4.29. The Labute approximate surface area is 99.4 Å². The highest BCUT2D eigenvalue weighted by molar-refractivity contribution is 5.26. The summed E-state index contributed by atoms with van der Waals surface area (Å²) in [5.41, 5.74) is -0.248. The predicted molar refractivity (Wildman–Crippen MR) is 43.0 cm³/mol. The number of hydrogen-bond acceptors (Lipinski definition) is 0. The van der Waals surface area contributed by atoms with Crippen LogP contribution in [0.1, 0.15) is 5.56 Å². The molecule has 0 saturated carbocycles. The molecule has 1 rings (SSSR count). The fourth-order valence-electron chi connectivity index (χ4n) is 1.24. The third-order valence-corrected chi connectivity index (χ3v) is 2.27. The van der Waals surface area contributed by atoms with Crippen molar-refractivity contribution < 1.29 is 45.2 Å². The van der Waals surface area contributed by atoms with Gasteiger partial charge in [0.25, 0.3) is 0 Å². The number of hydrogen-bond donors (Lipinski definition) is 1. The van der Waals surface area contributed by atoms with Gasteiger partial charge in [0.15, 0.2) is 11.6 Å². The molecule has 0 aromatic heterocycles. The largest absolute Gasteiger partial charge is 0.463 e. The molecule has 1 aromatic rings. The molecule has 0 amide bonds. The fourth-order valence-corrected chi connectivity index (χ4v) is 1.24. The van der Waals surface area contributed by atoms with E-state index in [1.165, 1.54) is 0 Å². The summed E-state index contributed by atoms with van der Waals surface area (Å²) in [6.07, 6.45) is -6.42. The van der Waals surface area contributed by atoms with Crippen LogP contribution in [0.2, 0.25) is 0 Å². The van der Waals surface area contributed by atoms with E-state index in [-0.39, 0.29) is 12.1 Å². The Kier molecular flexibility index (Phi) is 3.52. The normalized spacial score (nSPS) is 16.3. The lowest BCUT2D eigenvalue weighted by molar-refractivity contribution is -0.599. The predicted octanol–water partition coefficient (Wildman–Crippen LogP) is 2.67. The Hall–Kier alpha value is -1.45. The first-order valence-corrected chi connectivity index (χ1v) is 4.46. The van der Waals surface area contributed by atoms with Crippen LogP contribution in [0.5, 0.6) is 0 Å². The molecule has 3 N–H and O–H groups in total. The summed E-state index contributed by atoms with van der Waals surface area (Å²) >= 11 is 0. The Bertz CT molecular complexity index is 491. The highest BCUT2D eigenvalue weighted by Crippen LogP contribution is 2.47. The van der Waals surface area contributed by atoms with Crippen LogP contribution in [-0.4, -0.2) is 12.1 Å². The summed E-state index contributed by atoms with van der Waals surface area (Å²) in [7, 11) is 0. The smallest absolute Gasteiger partial charge is 0.316 e. The van der Waals surface area contributed by atoms with Gasteiger partial charge in [-0.25, -0.2) is 13.2 Å². The van der Waals surface area contributed by atoms with Crippen LogP contribution < -0.4 is 5.73 Å². The lowest BCUT2D eigenvalue weighted by atomic mass is 9.97. The van der Waals surface area contributed by atoms with E-state index in [0.717, 1.165) is 0 Å². The third kappa shape index (κ3) is 2.36. The Morgan fingerprint density at radius 1 is 0.842 bits per heavy atom. The molecule has 0 aliphatic carbocycles. The van der Waals surface area contributed by atoms with E-state index in [0.29, 0.717) is 0 Å². The van der Waals surface area contributed by atoms with Crippen molar-refractivity contribution >= 4 is 0 Å². The molecule has 0 saturated heterocycles. The standard InChI is InChI=1S/C9H4F9N/c10-3-1-4(6(12)5(11)2-3)7(13,19)8(14,15)9(16,17)18/h1-2H,19H2/p+1. The zero-order chi connectivity index (χ0) is 15.2. The van der Waals surface area contributed by atoms with Crippen molar-refractivity contribution in [2.45, 2.75) is 17.9 Å². The van der Waals surface area contributed by atoms with Gasteiger partial charge in [-0.1, -0.05) is 0 Å². The highest BCUT2D eigenvalue weighted by Gasteiger charge is 2.74. The van der Waals surface area contributed by atoms with Gasteiger partial charge in [0, 0.05) is 6.07 Å². The first-order chi connectivity index (χ1) is 8.32. The average molecular weight is 298 g/mol. The van der Waals surface area contributed by atoms with Crippen molar-refractivity contribution in [3.63, 3.8) is 0 Å². The molecule has 1 nitrogen and oxygen atoms in total. The average Bonchev–Trinajstić information content (AvgIpc) is 2.21. The van der Waals surface area contributed by atoms with E-state index < -0.39 is 40.9 Å². The Morgan fingerprint density at radius 3 is 1.74 bits per heavy atom. The number of halogens is 9. The van der Waals surface area contributed by atoms with Crippen molar-refractivity contribution in [3.05, 3.63) is 35.1 Å². The van der Waals surface area contributed by atoms with E-state index in [4.69, 9.17) is 0 Å². The van der Waals surface area contributed by atoms with E-state index in [1.54, 1.807) is 0 Å². The zero-order valence-electron chi connectivity index (χ0n) is 8.76. The molecule has 10 heteroatoms. The highest BCUT2D eigenvalue weighted by atomic mass is 19.4. The topological polar surface area (TPSA) is 27.6 Å². The summed E-state index contributed by atoms with van der Waals surface area (Å²) in [6.45, 7) is 0. The van der Waals surface area contributed by atoms with Crippen molar-refractivity contribution in [3.8, 4) is 0 Å². The van der Waals surface area contributed by atoms with Crippen LogP contribution in [0.25, 0.3) is 0 Å². The molecule has 108 valence electrons. The van der Waals surface area contributed by atoms with Gasteiger partial charge in [-0.2, -0.15) is 26.3 Å². The summed E-state index contributed by atoms with van der Waals surface area (Å²) in [5, 5.41) is 0. The van der Waals surface area contributed by atoms with Crippen LogP contribution in [0, 0.1) is 17.5 Å². The van der Waals surface area contributed by atoms with E-state index in [1.807, 2.05) is 5.73 Å². The van der Waals surface area contributed by atoms with Gasteiger partial charge in [0.1, 0.15) is 5.82 Å². The molecule has 19 heavy (non-hydrogen) atoms. The minimum Gasteiger partial charge on any atom is -0.316 e. The van der Waals surface area contributed by atoms with E-state index >= 15 is 0 Å². The minimum atomic E-state index is -6.42. The van der Waals surface area contributed by atoms with Gasteiger partial charge in [0.05, 0.1) is 5.56 Å². The van der Waals surface area contributed by atoms with Crippen LogP contribution in [-0.2, 0) is 5.79 Å². The van der Waals surface area contributed by atoms with Gasteiger partial charge < -0.3 is 5.73 Å². The van der Waals surface area contributed by atoms with E-state index in [2.05, 4.69) is 0 Å². The number of rotatable bonds is 2.